The molecule has 0 aliphatic heterocycles. The van der Waals surface area contributed by atoms with Crippen LogP contribution in [0, 0.1) is 6.92 Å². The number of alkyl halides is 1. The Morgan fingerprint density at radius 2 is 1.95 bits per heavy atom. The standard InChI is InChI=1S/C17H21ClO2/c1-12(2)20-17-8-5-14-11-15(19-10-4-9-18)6-7-16(14)13(17)3/h5-8,11-12H,4,9-10H2,1-3H3. The molecule has 0 saturated carbocycles. The van der Waals surface area contributed by atoms with Gasteiger partial charge in [0.15, 0.2) is 0 Å². The zero-order valence-electron chi connectivity index (χ0n) is 12.3. The second-order valence-corrected chi connectivity index (χ2v) is 5.51. The fourth-order valence-electron chi connectivity index (χ4n) is 2.16. The molecule has 0 unspecified atom stereocenters. The summed E-state index contributed by atoms with van der Waals surface area (Å²) < 4.78 is 11.5. The van der Waals surface area contributed by atoms with Crippen molar-refractivity contribution in [2.45, 2.75) is 33.3 Å². The molecule has 0 spiro atoms. The molecule has 0 aromatic heterocycles. The molecule has 3 heteroatoms. The first-order valence-electron chi connectivity index (χ1n) is 7.00. The van der Waals surface area contributed by atoms with Crippen molar-refractivity contribution < 1.29 is 9.47 Å². The van der Waals surface area contributed by atoms with Crippen LogP contribution in [-0.4, -0.2) is 18.6 Å². The van der Waals surface area contributed by atoms with Crippen LogP contribution in [0.3, 0.4) is 0 Å². The van der Waals surface area contributed by atoms with Crippen LogP contribution < -0.4 is 9.47 Å². The van der Waals surface area contributed by atoms with E-state index in [1.807, 2.05) is 26.0 Å². The van der Waals surface area contributed by atoms with E-state index in [0.29, 0.717) is 12.5 Å². The number of fused-ring (bicyclic) bond motifs is 1. The van der Waals surface area contributed by atoms with E-state index >= 15 is 0 Å². The van der Waals surface area contributed by atoms with Crippen LogP contribution in [0.2, 0.25) is 0 Å². The third-order valence-electron chi connectivity index (χ3n) is 3.12. The highest BCUT2D eigenvalue weighted by Crippen LogP contribution is 2.30. The van der Waals surface area contributed by atoms with Gasteiger partial charge in [0.25, 0.3) is 0 Å². The van der Waals surface area contributed by atoms with Gasteiger partial charge in [0.05, 0.1) is 12.7 Å². The quantitative estimate of drug-likeness (QED) is 0.554. The van der Waals surface area contributed by atoms with Gasteiger partial charge in [-0.3, -0.25) is 0 Å². The normalized spacial score (nSPS) is 11.1. The molecule has 2 aromatic carbocycles. The third kappa shape index (κ3) is 3.57. The van der Waals surface area contributed by atoms with Crippen molar-refractivity contribution >= 4 is 22.4 Å². The lowest BCUT2D eigenvalue weighted by Gasteiger charge is -2.14. The van der Waals surface area contributed by atoms with Gasteiger partial charge < -0.3 is 9.47 Å². The summed E-state index contributed by atoms with van der Waals surface area (Å²) >= 11 is 5.65. The zero-order valence-corrected chi connectivity index (χ0v) is 13.0. The first-order chi connectivity index (χ1) is 9.61. The van der Waals surface area contributed by atoms with E-state index in [0.717, 1.165) is 17.9 Å². The molecule has 0 bridgehead atoms. The fourth-order valence-corrected chi connectivity index (χ4v) is 2.27. The lowest BCUT2D eigenvalue weighted by atomic mass is 10.0. The molecular weight excluding hydrogens is 272 g/mol. The highest BCUT2D eigenvalue weighted by atomic mass is 35.5. The molecule has 0 heterocycles. The van der Waals surface area contributed by atoms with Crippen LogP contribution >= 0.6 is 11.6 Å². The van der Waals surface area contributed by atoms with E-state index < -0.39 is 0 Å². The van der Waals surface area contributed by atoms with Crippen LogP contribution in [-0.2, 0) is 0 Å². The van der Waals surface area contributed by atoms with Crippen LogP contribution in [0.25, 0.3) is 10.8 Å². The summed E-state index contributed by atoms with van der Waals surface area (Å²) in [6.45, 7) is 6.82. The molecule has 0 atom stereocenters. The van der Waals surface area contributed by atoms with Gasteiger partial charge in [-0.05, 0) is 61.7 Å². The summed E-state index contributed by atoms with van der Waals surface area (Å²) in [6, 6.07) is 10.3. The van der Waals surface area contributed by atoms with E-state index in [2.05, 4.69) is 25.1 Å². The van der Waals surface area contributed by atoms with E-state index in [1.54, 1.807) is 0 Å². The first-order valence-corrected chi connectivity index (χ1v) is 7.54. The average Bonchev–Trinajstić information content (AvgIpc) is 2.42. The average molecular weight is 293 g/mol. The summed E-state index contributed by atoms with van der Waals surface area (Å²) in [4.78, 5) is 0. The Labute approximate surface area is 125 Å². The maximum atomic E-state index is 5.82. The van der Waals surface area contributed by atoms with Gasteiger partial charge in [0.1, 0.15) is 11.5 Å². The molecule has 0 aliphatic rings. The Morgan fingerprint density at radius 3 is 2.65 bits per heavy atom. The number of rotatable bonds is 6. The summed E-state index contributed by atoms with van der Waals surface area (Å²) in [5.41, 5.74) is 1.17. The SMILES string of the molecule is Cc1c(OC(C)C)ccc2cc(OCCCCl)ccc12. The van der Waals surface area contributed by atoms with E-state index in [9.17, 15) is 0 Å². The molecule has 0 amide bonds. The molecule has 2 rings (SSSR count). The number of aryl methyl sites for hydroxylation is 1. The molecule has 20 heavy (non-hydrogen) atoms. The lowest BCUT2D eigenvalue weighted by molar-refractivity contribution is 0.241. The molecule has 108 valence electrons. The van der Waals surface area contributed by atoms with Gasteiger partial charge in [-0.1, -0.05) is 12.1 Å². The minimum absolute atomic E-state index is 0.185. The molecule has 0 radical (unpaired) electrons. The Kier molecular flexibility index (Phi) is 5.13. The summed E-state index contributed by atoms with van der Waals surface area (Å²) in [7, 11) is 0. The maximum absolute atomic E-state index is 5.82. The predicted molar refractivity (Wildman–Crippen MR) is 85.3 cm³/mol. The molecule has 2 aromatic rings. The highest BCUT2D eigenvalue weighted by molar-refractivity contribution is 6.17. The number of ether oxygens (including phenoxy) is 2. The third-order valence-corrected chi connectivity index (χ3v) is 3.39. The molecule has 0 N–H and O–H groups in total. The van der Waals surface area contributed by atoms with Gasteiger partial charge in [0.2, 0.25) is 0 Å². The fraction of sp³-hybridized carbons (Fsp3) is 0.412. The largest absolute Gasteiger partial charge is 0.494 e. The highest BCUT2D eigenvalue weighted by Gasteiger charge is 2.07. The van der Waals surface area contributed by atoms with Gasteiger partial charge >= 0.3 is 0 Å². The molecule has 2 nitrogen and oxygen atoms in total. The van der Waals surface area contributed by atoms with Crippen LogP contribution in [0.15, 0.2) is 30.3 Å². The first kappa shape index (κ1) is 15.0. The minimum atomic E-state index is 0.185. The number of benzene rings is 2. The van der Waals surface area contributed by atoms with Crippen molar-refractivity contribution in [1.29, 1.82) is 0 Å². The Balaban J connectivity index is 2.26. The van der Waals surface area contributed by atoms with Crippen LogP contribution in [0.1, 0.15) is 25.8 Å². The molecular formula is C17H21ClO2. The van der Waals surface area contributed by atoms with Crippen molar-refractivity contribution in [3.63, 3.8) is 0 Å². The van der Waals surface area contributed by atoms with Crippen molar-refractivity contribution in [3.8, 4) is 11.5 Å². The second kappa shape index (κ2) is 6.85. The molecule has 0 saturated heterocycles. The van der Waals surface area contributed by atoms with Crippen molar-refractivity contribution in [1.82, 2.24) is 0 Å². The lowest BCUT2D eigenvalue weighted by Crippen LogP contribution is -2.06. The molecule has 0 fully saturated rings. The maximum Gasteiger partial charge on any atom is 0.123 e. The van der Waals surface area contributed by atoms with Gasteiger partial charge in [-0.2, -0.15) is 0 Å². The number of hydrogen-bond donors (Lipinski definition) is 0. The Morgan fingerprint density at radius 1 is 1.15 bits per heavy atom. The monoisotopic (exact) mass is 292 g/mol. The van der Waals surface area contributed by atoms with Crippen LogP contribution in [0.4, 0.5) is 0 Å². The summed E-state index contributed by atoms with van der Waals surface area (Å²) in [5.74, 6) is 2.46. The summed E-state index contributed by atoms with van der Waals surface area (Å²) in [5, 5.41) is 2.37. The van der Waals surface area contributed by atoms with Gasteiger partial charge in [-0.25, -0.2) is 0 Å². The second-order valence-electron chi connectivity index (χ2n) is 5.13. The Hall–Kier alpha value is -1.41. The van der Waals surface area contributed by atoms with Crippen molar-refractivity contribution in [2.75, 3.05) is 12.5 Å². The van der Waals surface area contributed by atoms with Crippen molar-refractivity contribution in [3.05, 3.63) is 35.9 Å². The van der Waals surface area contributed by atoms with E-state index in [1.165, 1.54) is 16.3 Å². The predicted octanol–water partition coefficient (Wildman–Crippen LogP) is 4.94. The smallest absolute Gasteiger partial charge is 0.123 e. The van der Waals surface area contributed by atoms with Crippen molar-refractivity contribution in [2.24, 2.45) is 0 Å². The zero-order chi connectivity index (χ0) is 14.5. The molecule has 0 aliphatic carbocycles. The number of halogens is 1. The Bertz CT molecular complexity index is 578. The topological polar surface area (TPSA) is 18.5 Å². The minimum Gasteiger partial charge on any atom is -0.494 e. The van der Waals surface area contributed by atoms with E-state index in [-0.39, 0.29) is 6.10 Å². The summed E-state index contributed by atoms with van der Waals surface area (Å²) in [6.07, 6.45) is 1.05. The number of hydrogen-bond acceptors (Lipinski definition) is 2. The van der Waals surface area contributed by atoms with Gasteiger partial charge in [0, 0.05) is 5.88 Å². The van der Waals surface area contributed by atoms with E-state index in [4.69, 9.17) is 21.1 Å². The van der Waals surface area contributed by atoms with Gasteiger partial charge in [-0.15, -0.1) is 11.6 Å². The van der Waals surface area contributed by atoms with Crippen LogP contribution in [0.5, 0.6) is 11.5 Å².